The summed E-state index contributed by atoms with van der Waals surface area (Å²) in [7, 11) is 0. The van der Waals surface area contributed by atoms with Crippen LogP contribution in [0, 0.1) is 19.3 Å². The third-order valence-electron chi connectivity index (χ3n) is 6.57. The third kappa shape index (κ3) is 5.26. The summed E-state index contributed by atoms with van der Waals surface area (Å²) < 4.78 is 5.80. The molecule has 0 aliphatic heterocycles. The summed E-state index contributed by atoms with van der Waals surface area (Å²) in [6.45, 7) is 10.7. The first-order valence-corrected chi connectivity index (χ1v) is 11.7. The molecule has 1 unspecified atom stereocenters. The van der Waals surface area contributed by atoms with Gasteiger partial charge in [0.1, 0.15) is 6.61 Å². The molecule has 34 heavy (non-hydrogen) atoms. The number of aryl methyl sites for hydroxylation is 1. The normalized spacial score (nSPS) is 12.3. The molecule has 4 N–H and O–H groups in total. The van der Waals surface area contributed by atoms with E-state index in [9.17, 15) is 9.90 Å². The molecule has 0 amide bonds. The summed E-state index contributed by atoms with van der Waals surface area (Å²) in [5, 5.41) is 13.2. The zero-order valence-corrected chi connectivity index (χ0v) is 20.8. The molecule has 0 radical (unpaired) electrons. The SMILES string of the molecule is CCNc1ccc(C(c2ccc(C)c(CO)c2)C(C)(C)C(=O)OCc2ccccc2)c(C)c1N. The number of rotatable bonds is 9. The second-order valence-corrected chi connectivity index (χ2v) is 9.33. The number of nitrogen functional groups attached to an aromatic ring is 1. The Balaban J connectivity index is 2.08. The summed E-state index contributed by atoms with van der Waals surface area (Å²) in [6, 6.07) is 19.7. The molecule has 1 atom stereocenters. The maximum absolute atomic E-state index is 13.5. The molecule has 0 aromatic heterocycles. The third-order valence-corrected chi connectivity index (χ3v) is 6.57. The summed E-state index contributed by atoms with van der Waals surface area (Å²) in [5.74, 6) is -0.610. The second-order valence-electron chi connectivity index (χ2n) is 9.33. The maximum Gasteiger partial charge on any atom is 0.312 e. The van der Waals surface area contributed by atoms with Gasteiger partial charge in [-0.1, -0.05) is 54.6 Å². The van der Waals surface area contributed by atoms with Crippen molar-refractivity contribution >= 4 is 17.3 Å². The number of aliphatic hydroxyl groups is 1. The highest BCUT2D eigenvalue weighted by Gasteiger charge is 2.41. The number of nitrogens with one attached hydrogen (secondary N) is 1. The minimum absolute atomic E-state index is 0.0637. The lowest BCUT2D eigenvalue weighted by molar-refractivity contribution is -0.156. The molecular weight excluding hydrogens is 424 g/mol. The van der Waals surface area contributed by atoms with Gasteiger partial charge in [-0.05, 0) is 74.1 Å². The van der Waals surface area contributed by atoms with Crippen LogP contribution < -0.4 is 11.1 Å². The van der Waals surface area contributed by atoms with E-state index in [-0.39, 0.29) is 25.1 Å². The average Bonchev–Trinajstić information content (AvgIpc) is 2.83. The molecule has 0 fully saturated rings. The van der Waals surface area contributed by atoms with Gasteiger partial charge in [0.25, 0.3) is 0 Å². The highest BCUT2D eigenvalue weighted by atomic mass is 16.5. The number of carbonyl (C=O) groups excluding carboxylic acids is 1. The summed E-state index contributed by atoms with van der Waals surface area (Å²) in [4.78, 5) is 13.5. The van der Waals surface area contributed by atoms with E-state index in [4.69, 9.17) is 10.5 Å². The van der Waals surface area contributed by atoms with Crippen molar-refractivity contribution in [3.63, 3.8) is 0 Å². The number of aliphatic hydroxyl groups excluding tert-OH is 1. The Morgan fingerprint density at radius 2 is 1.79 bits per heavy atom. The topological polar surface area (TPSA) is 84.6 Å². The van der Waals surface area contributed by atoms with Gasteiger partial charge in [0.15, 0.2) is 0 Å². The highest BCUT2D eigenvalue weighted by molar-refractivity contribution is 5.80. The molecule has 0 saturated heterocycles. The Hall–Kier alpha value is -3.31. The van der Waals surface area contributed by atoms with Gasteiger partial charge < -0.3 is 20.9 Å². The number of nitrogens with two attached hydrogens (primary N) is 1. The lowest BCUT2D eigenvalue weighted by Crippen LogP contribution is -2.34. The Morgan fingerprint density at radius 3 is 2.44 bits per heavy atom. The molecule has 0 heterocycles. The van der Waals surface area contributed by atoms with Crippen molar-refractivity contribution in [3.05, 3.63) is 94.0 Å². The fraction of sp³-hybridized carbons (Fsp3) is 0.345. The van der Waals surface area contributed by atoms with Gasteiger partial charge in [-0.2, -0.15) is 0 Å². The lowest BCUT2D eigenvalue weighted by atomic mass is 9.69. The van der Waals surface area contributed by atoms with E-state index in [2.05, 4.69) is 5.32 Å². The summed E-state index contributed by atoms with van der Waals surface area (Å²) >= 11 is 0. The first-order chi connectivity index (χ1) is 16.2. The van der Waals surface area contributed by atoms with Crippen molar-refractivity contribution in [1.29, 1.82) is 0 Å². The number of carbonyl (C=O) groups is 1. The summed E-state index contributed by atoms with van der Waals surface area (Å²) in [5.41, 5.74) is 12.8. The van der Waals surface area contributed by atoms with Crippen LogP contribution in [0.1, 0.15) is 60.1 Å². The van der Waals surface area contributed by atoms with Crippen LogP contribution in [0.25, 0.3) is 0 Å². The quantitative estimate of drug-likeness (QED) is 0.281. The molecule has 0 aliphatic rings. The molecule has 0 saturated carbocycles. The molecule has 0 spiro atoms. The van der Waals surface area contributed by atoms with Gasteiger partial charge in [-0.25, -0.2) is 0 Å². The van der Waals surface area contributed by atoms with E-state index >= 15 is 0 Å². The molecule has 5 heteroatoms. The van der Waals surface area contributed by atoms with Crippen LogP contribution in [0.2, 0.25) is 0 Å². The number of benzene rings is 3. The zero-order chi connectivity index (χ0) is 24.9. The number of anilines is 2. The van der Waals surface area contributed by atoms with Crippen LogP contribution in [0.4, 0.5) is 11.4 Å². The highest BCUT2D eigenvalue weighted by Crippen LogP contribution is 2.45. The van der Waals surface area contributed by atoms with Crippen LogP contribution in [0.3, 0.4) is 0 Å². The number of hydrogen-bond acceptors (Lipinski definition) is 5. The Kier molecular flexibility index (Phi) is 8.00. The van der Waals surface area contributed by atoms with E-state index in [1.54, 1.807) is 0 Å². The fourth-order valence-corrected chi connectivity index (χ4v) is 4.46. The molecular formula is C29H36N2O3. The molecule has 0 aliphatic carbocycles. The lowest BCUT2D eigenvalue weighted by Gasteiger charge is -2.35. The largest absolute Gasteiger partial charge is 0.460 e. The van der Waals surface area contributed by atoms with E-state index in [1.807, 2.05) is 95.3 Å². The van der Waals surface area contributed by atoms with Gasteiger partial charge in [-0.15, -0.1) is 0 Å². The van der Waals surface area contributed by atoms with Crippen molar-refractivity contribution in [2.24, 2.45) is 5.41 Å². The molecule has 3 aromatic carbocycles. The number of hydrogen-bond donors (Lipinski definition) is 3. The van der Waals surface area contributed by atoms with Crippen LogP contribution in [-0.4, -0.2) is 17.6 Å². The van der Waals surface area contributed by atoms with Crippen LogP contribution in [0.15, 0.2) is 60.7 Å². The van der Waals surface area contributed by atoms with Crippen molar-refractivity contribution in [3.8, 4) is 0 Å². The van der Waals surface area contributed by atoms with Gasteiger partial charge in [-0.3, -0.25) is 4.79 Å². The molecule has 0 bridgehead atoms. The second kappa shape index (κ2) is 10.7. The Morgan fingerprint density at radius 1 is 1.09 bits per heavy atom. The van der Waals surface area contributed by atoms with Crippen molar-refractivity contribution in [1.82, 2.24) is 0 Å². The molecule has 180 valence electrons. The zero-order valence-electron chi connectivity index (χ0n) is 20.8. The van der Waals surface area contributed by atoms with E-state index < -0.39 is 5.41 Å². The predicted octanol–water partition coefficient (Wildman–Crippen LogP) is 5.71. The Bertz CT molecular complexity index is 1140. The number of esters is 1. The van der Waals surface area contributed by atoms with Gasteiger partial charge >= 0.3 is 5.97 Å². The smallest absolute Gasteiger partial charge is 0.312 e. The first kappa shape index (κ1) is 25.3. The van der Waals surface area contributed by atoms with Crippen molar-refractivity contribution < 1.29 is 14.6 Å². The molecule has 3 rings (SSSR count). The summed E-state index contributed by atoms with van der Waals surface area (Å²) in [6.07, 6.45) is 0. The predicted molar refractivity (Wildman–Crippen MR) is 139 cm³/mol. The fourth-order valence-electron chi connectivity index (χ4n) is 4.46. The van der Waals surface area contributed by atoms with Crippen LogP contribution in [0.5, 0.6) is 0 Å². The van der Waals surface area contributed by atoms with E-state index in [0.717, 1.165) is 45.6 Å². The number of ether oxygens (including phenoxy) is 1. The average molecular weight is 461 g/mol. The molecule has 3 aromatic rings. The maximum atomic E-state index is 13.5. The standard InChI is InChI=1S/C29H36N2O3/c1-6-31-25-15-14-24(20(3)27(25)30)26(22-13-12-19(2)23(16-22)17-32)29(4,5)28(33)34-18-21-10-8-7-9-11-21/h7-16,26,31-32H,6,17-18,30H2,1-5H3. The van der Waals surface area contributed by atoms with E-state index in [0.29, 0.717) is 5.69 Å². The van der Waals surface area contributed by atoms with Crippen molar-refractivity contribution in [2.75, 3.05) is 17.6 Å². The van der Waals surface area contributed by atoms with E-state index in [1.165, 1.54) is 0 Å². The monoisotopic (exact) mass is 460 g/mol. The van der Waals surface area contributed by atoms with Crippen molar-refractivity contribution in [2.45, 2.75) is 53.8 Å². The minimum atomic E-state index is -0.895. The van der Waals surface area contributed by atoms with Crippen LogP contribution in [-0.2, 0) is 22.7 Å². The van der Waals surface area contributed by atoms with Gasteiger partial charge in [0.2, 0.25) is 0 Å². The first-order valence-electron chi connectivity index (χ1n) is 11.7. The van der Waals surface area contributed by atoms with Gasteiger partial charge in [0, 0.05) is 12.5 Å². The minimum Gasteiger partial charge on any atom is -0.460 e. The molecule has 5 nitrogen and oxygen atoms in total. The van der Waals surface area contributed by atoms with Gasteiger partial charge in [0.05, 0.1) is 23.4 Å². The Labute approximate surface area is 203 Å². The van der Waals surface area contributed by atoms with Crippen LogP contribution >= 0.6 is 0 Å².